The van der Waals surface area contributed by atoms with Crippen LogP contribution in [0.2, 0.25) is 6.04 Å². The molecule has 0 aromatic carbocycles. The summed E-state index contributed by atoms with van der Waals surface area (Å²) < 4.78 is 1.31. The molecule has 191 valence electrons. The molecule has 0 heterocycles. The van der Waals surface area contributed by atoms with Crippen molar-refractivity contribution in [3.8, 4) is 0 Å². The lowest BCUT2D eigenvalue weighted by Crippen LogP contribution is -2.46. The van der Waals surface area contributed by atoms with Gasteiger partial charge in [0.1, 0.15) is 0 Å². The third-order valence-electron chi connectivity index (χ3n) is 7.48. The Bertz CT molecular complexity index is 346. The van der Waals surface area contributed by atoms with Crippen molar-refractivity contribution in [3.05, 3.63) is 0 Å². The Morgan fingerprint density at radius 2 is 0.625 bits per heavy atom. The first-order valence-corrected chi connectivity index (χ1v) is 15.9. The first-order chi connectivity index (χ1) is 15.7. The van der Waals surface area contributed by atoms with Crippen molar-refractivity contribution in [2.75, 3.05) is 26.7 Å². The SMILES string of the molecule is CCCCCCCCCCCCCCCCCCC[N+](C)(CCC[Si])CCCCCCC. The molecule has 0 aliphatic heterocycles. The number of hydrogen-bond donors (Lipinski definition) is 0. The Morgan fingerprint density at radius 1 is 0.375 bits per heavy atom. The minimum absolute atomic E-state index is 1.16. The van der Waals surface area contributed by atoms with E-state index in [1.165, 1.54) is 172 Å². The van der Waals surface area contributed by atoms with Crippen LogP contribution in [0.25, 0.3) is 0 Å². The number of nitrogens with zero attached hydrogens (tertiary/aromatic N) is 1. The van der Waals surface area contributed by atoms with E-state index >= 15 is 0 Å². The van der Waals surface area contributed by atoms with Crippen molar-refractivity contribution >= 4 is 10.2 Å². The zero-order valence-electron chi connectivity index (χ0n) is 23.0. The average Bonchev–Trinajstić information content (AvgIpc) is 2.80. The molecule has 1 unspecified atom stereocenters. The van der Waals surface area contributed by atoms with Crippen molar-refractivity contribution in [1.82, 2.24) is 0 Å². The molecule has 0 aliphatic carbocycles. The van der Waals surface area contributed by atoms with Gasteiger partial charge in [-0.3, -0.25) is 0 Å². The summed E-state index contributed by atoms with van der Waals surface area (Å²) in [6.45, 7) is 8.78. The van der Waals surface area contributed by atoms with Gasteiger partial charge >= 0.3 is 0 Å². The van der Waals surface area contributed by atoms with Crippen molar-refractivity contribution < 1.29 is 4.48 Å². The van der Waals surface area contributed by atoms with Crippen molar-refractivity contribution in [2.45, 2.75) is 168 Å². The smallest absolute Gasteiger partial charge is 0.0784 e. The van der Waals surface area contributed by atoms with Crippen LogP contribution >= 0.6 is 0 Å². The highest BCUT2D eigenvalue weighted by atomic mass is 28.1. The van der Waals surface area contributed by atoms with Gasteiger partial charge in [-0.2, -0.15) is 0 Å². The summed E-state index contributed by atoms with van der Waals surface area (Å²) in [5.74, 6) is 0. The summed E-state index contributed by atoms with van der Waals surface area (Å²) in [6, 6.07) is 1.16. The summed E-state index contributed by atoms with van der Waals surface area (Å²) in [4.78, 5) is 0. The second-order valence-electron chi connectivity index (χ2n) is 11.0. The van der Waals surface area contributed by atoms with E-state index in [1.807, 2.05) is 0 Å². The molecule has 0 saturated heterocycles. The normalized spacial score (nSPS) is 13.5. The van der Waals surface area contributed by atoms with Gasteiger partial charge in [-0.05, 0) is 32.1 Å². The zero-order chi connectivity index (χ0) is 23.6. The molecule has 0 spiro atoms. The quantitative estimate of drug-likeness (QED) is 0.0643. The third kappa shape index (κ3) is 23.3. The minimum Gasteiger partial charge on any atom is -0.326 e. The largest absolute Gasteiger partial charge is 0.326 e. The lowest BCUT2D eigenvalue weighted by Gasteiger charge is -2.35. The Morgan fingerprint density at radius 3 is 0.906 bits per heavy atom. The van der Waals surface area contributed by atoms with Gasteiger partial charge in [0.25, 0.3) is 0 Å². The lowest BCUT2D eigenvalue weighted by molar-refractivity contribution is -0.910. The number of hydrogen-bond acceptors (Lipinski definition) is 0. The average molecular weight is 466 g/mol. The van der Waals surface area contributed by atoms with Crippen LogP contribution < -0.4 is 0 Å². The van der Waals surface area contributed by atoms with Crippen LogP contribution in [0, 0.1) is 0 Å². The molecule has 0 rings (SSSR count). The molecule has 0 amide bonds. The van der Waals surface area contributed by atoms with E-state index in [0.717, 1.165) is 6.04 Å². The predicted molar refractivity (Wildman–Crippen MR) is 149 cm³/mol. The third-order valence-corrected chi connectivity index (χ3v) is 7.83. The Kier molecular flexibility index (Phi) is 25.9. The molecule has 1 atom stereocenters. The molecule has 0 N–H and O–H groups in total. The molecular formula is C30H63NSi+. The molecule has 0 aromatic heterocycles. The fourth-order valence-electron chi connectivity index (χ4n) is 5.11. The van der Waals surface area contributed by atoms with Gasteiger partial charge in [0.15, 0.2) is 0 Å². The van der Waals surface area contributed by atoms with Crippen LogP contribution in [0.1, 0.15) is 162 Å². The summed E-state index contributed by atoms with van der Waals surface area (Å²) in [7, 11) is 6.22. The van der Waals surface area contributed by atoms with E-state index in [-0.39, 0.29) is 0 Å². The monoisotopic (exact) mass is 465 g/mol. The van der Waals surface area contributed by atoms with E-state index in [0.29, 0.717) is 0 Å². The molecule has 0 bridgehead atoms. The number of quaternary nitrogens is 1. The summed E-state index contributed by atoms with van der Waals surface area (Å²) >= 11 is 0. The molecule has 0 aliphatic rings. The van der Waals surface area contributed by atoms with Gasteiger partial charge in [0.05, 0.1) is 26.7 Å². The topological polar surface area (TPSA) is 0 Å². The van der Waals surface area contributed by atoms with E-state index < -0.39 is 0 Å². The maximum atomic E-state index is 3.70. The van der Waals surface area contributed by atoms with Gasteiger partial charge in [0.2, 0.25) is 0 Å². The molecule has 32 heavy (non-hydrogen) atoms. The molecule has 3 radical (unpaired) electrons. The summed E-state index contributed by atoms with van der Waals surface area (Å²) in [6.07, 6.45) is 33.3. The zero-order valence-corrected chi connectivity index (χ0v) is 24.0. The van der Waals surface area contributed by atoms with Crippen molar-refractivity contribution in [2.24, 2.45) is 0 Å². The Hall–Kier alpha value is 0.177. The first-order valence-electron chi connectivity index (χ1n) is 15.2. The minimum atomic E-state index is 1.16. The highest BCUT2D eigenvalue weighted by Gasteiger charge is 2.19. The first kappa shape index (κ1) is 32.2. The van der Waals surface area contributed by atoms with E-state index in [9.17, 15) is 0 Å². The van der Waals surface area contributed by atoms with Crippen LogP contribution in [0.15, 0.2) is 0 Å². The second-order valence-corrected chi connectivity index (χ2v) is 11.5. The van der Waals surface area contributed by atoms with Gasteiger partial charge in [0, 0.05) is 10.2 Å². The molecule has 0 fully saturated rings. The standard InChI is InChI=1S/C30H63NSi/c1-4-6-8-10-11-12-13-14-15-16-17-18-19-20-21-23-25-28-31(3,29-26-30-32)27-24-22-9-7-5-2/h4-30H2,1-3H3/q+1. The van der Waals surface area contributed by atoms with Crippen molar-refractivity contribution in [1.29, 1.82) is 0 Å². The lowest BCUT2D eigenvalue weighted by atomic mass is 10.0. The molecule has 0 saturated carbocycles. The second kappa shape index (κ2) is 25.8. The fourth-order valence-corrected chi connectivity index (χ4v) is 5.27. The molecular weight excluding hydrogens is 402 g/mol. The van der Waals surface area contributed by atoms with Gasteiger partial charge in [-0.15, -0.1) is 0 Å². The number of rotatable bonds is 27. The van der Waals surface area contributed by atoms with Crippen LogP contribution in [0.3, 0.4) is 0 Å². The van der Waals surface area contributed by atoms with E-state index in [4.69, 9.17) is 0 Å². The van der Waals surface area contributed by atoms with Crippen LogP contribution in [0.4, 0.5) is 0 Å². The molecule has 2 heteroatoms. The molecule has 1 nitrogen and oxygen atoms in total. The fraction of sp³-hybridized carbons (Fsp3) is 1.00. The maximum absolute atomic E-state index is 3.70. The predicted octanol–water partition coefficient (Wildman–Crippen LogP) is 10.0. The van der Waals surface area contributed by atoms with Crippen LogP contribution in [0.5, 0.6) is 0 Å². The van der Waals surface area contributed by atoms with Crippen LogP contribution in [-0.2, 0) is 0 Å². The summed E-state index contributed by atoms with van der Waals surface area (Å²) in [5.41, 5.74) is 0. The van der Waals surface area contributed by atoms with Gasteiger partial charge in [-0.1, -0.05) is 135 Å². The summed E-state index contributed by atoms with van der Waals surface area (Å²) in [5, 5.41) is 0. The van der Waals surface area contributed by atoms with Gasteiger partial charge in [-0.25, -0.2) is 0 Å². The van der Waals surface area contributed by atoms with Crippen molar-refractivity contribution in [3.63, 3.8) is 0 Å². The Balaban J connectivity index is 3.50. The number of unbranched alkanes of at least 4 members (excludes halogenated alkanes) is 20. The maximum Gasteiger partial charge on any atom is 0.0784 e. The highest BCUT2D eigenvalue weighted by molar-refractivity contribution is 6.08. The highest BCUT2D eigenvalue weighted by Crippen LogP contribution is 2.16. The molecule has 0 aromatic rings. The van der Waals surface area contributed by atoms with E-state index in [1.54, 1.807) is 0 Å². The van der Waals surface area contributed by atoms with E-state index in [2.05, 4.69) is 31.1 Å². The van der Waals surface area contributed by atoms with Gasteiger partial charge < -0.3 is 4.48 Å². The van der Waals surface area contributed by atoms with Crippen LogP contribution in [-0.4, -0.2) is 41.4 Å². The Labute approximate surface area is 208 Å².